The zero-order valence-electron chi connectivity index (χ0n) is 14.5. The van der Waals surface area contributed by atoms with Crippen LogP contribution in [0.25, 0.3) is 0 Å². The third-order valence-corrected chi connectivity index (χ3v) is 5.75. The van der Waals surface area contributed by atoms with Crippen LogP contribution in [0.4, 0.5) is 0 Å². The van der Waals surface area contributed by atoms with Gasteiger partial charge in [0.2, 0.25) is 5.91 Å². The summed E-state index contributed by atoms with van der Waals surface area (Å²) in [6.07, 6.45) is 7.83. The minimum Gasteiger partial charge on any atom is -0.356 e. The zero-order valence-corrected chi connectivity index (χ0v) is 14.5. The standard InChI is InChI=1S/C17H33N3O/c1-15(2,3)7-6-14(21)19-13-16-8-10-17(12-16,11-9-16)20(5)18-4/h18H,6-13H2,1-5H3,(H,19,21). The Labute approximate surface area is 130 Å². The largest absolute Gasteiger partial charge is 0.356 e. The molecule has 0 unspecified atom stereocenters. The van der Waals surface area contributed by atoms with Gasteiger partial charge in [-0.25, -0.2) is 5.01 Å². The molecule has 4 nitrogen and oxygen atoms in total. The van der Waals surface area contributed by atoms with Gasteiger partial charge >= 0.3 is 0 Å². The number of hydrazine groups is 1. The summed E-state index contributed by atoms with van der Waals surface area (Å²) < 4.78 is 0. The van der Waals surface area contributed by atoms with E-state index < -0.39 is 0 Å². The van der Waals surface area contributed by atoms with Crippen molar-refractivity contribution in [2.75, 3.05) is 20.6 Å². The predicted molar refractivity (Wildman–Crippen MR) is 86.8 cm³/mol. The van der Waals surface area contributed by atoms with Crippen LogP contribution in [-0.4, -0.2) is 37.1 Å². The molecular weight excluding hydrogens is 262 g/mol. The highest BCUT2D eigenvalue weighted by atomic mass is 16.1. The molecule has 2 N–H and O–H groups in total. The number of nitrogens with zero attached hydrogens (tertiary/aromatic N) is 1. The van der Waals surface area contributed by atoms with Crippen molar-refractivity contribution in [3.8, 4) is 0 Å². The molecule has 0 radical (unpaired) electrons. The normalized spacial score (nSPS) is 31.9. The monoisotopic (exact) mass is 295 g/mol. The van der Waals surface area contributed by atoms with Crippen molar-refractivity contribution in [1.29, 1.82) is 0 Å². The van der Waals surface area contributed by atoms with Gasteiger partial charge in [0.1, 0.15) is 0 Å². The molecular formula is C17H33N3O. The quantitative estimate of drug-likeness (QED) is 0.741. The fourth-order valence-electron chi connectivity index (χ4n) is 4.09. The number of hydrogen-bond donors (Lipinski definition) is 2. The van der Waals surface area contributed by atoms with Crippen LogP contribution in [0.1, 0.15) is 65.7 Å². The number of fused-ring (bicyclic) bond motifs is 2. The van der Waals surface area contributed by atoms with Crippen molar-refractivity contribution in [3.63, 3.8) is 0 Å². The minimum atomic E-state index is 0.227. The van der Waals surface area contributed by atoms with E-state index in [-0.39, 0.29) is 11.3 Å². The maximum atomic E-state index is 12.1. The van der Waals surface area contributed by atoms with E-state index in [9.17, 15) is 4.79 Å². The van der Waals surface area contributed by atoms with Gasteiger partial charge in [-0.2, -0.15) is 0 Å². The van der Waals surface area contributed by atoms with E-state index in [2.05, 4.69) is 43.6 Å². The fraction of sp³-hybridized carbons (Fsp3) is 0.941. The SMILES string of the molecule is CNN(C)C12CCC(CNC(=O)CCC(C)(C)C)(CC1)C2. The van der Waals surface area contributed by atoms with Crippen LogP contribution in [0.5, 0.6) is 0 Å². The van der Waals surface area contributed by atoms with E-state index in [1.165, 1.54) is 32.1 Å². The van der Waals surface area contributed by atoms with Crippen molar-refractivity contribution in [2.24, 2.45) is 10.8 Å². The van der Waals surface area contributed by atoms with E-state index >= 15 is 0 Å². The molecule has 0 atom stereocenters. The molecule has 2 saturated carbocycles. The molecule has 0 spiro atoms. The highest BCUT2D eigenvalue weighted by Gasteiger charge is 2.55. The van der Waals surface area contributed by atoms with Gasteiger partial charge in [-0.3, -0.25) is 10.2 Å². The second kappa shape index (κ2) is 5.88. The summed E-state index contributed by atoms with van der Waals surface area (Å²) >= 11 is 0. The first-order chi connectivity index (χ1) is 9.70. The Balaban J connectivity index is 1.81. The van der Waals surface area contributed by atoms with Crippen LogP contribution in [0, 0.1) is 10.8 Å². The Morgan fingerprint density at radius 3 is 2.33 bits per heavy atom. The maximum absolute atomic E-state index is 12.1. The molecule has 2 aliphatic carbocycles. The van der Waals surface area contributed by atoms with E-state index in [0.717, 1.165) is 13.0 Å². The first-order valence-corrected chi connectivity index (χ1v) is 8.38. The van der Waals surface area contributed by atoms with Gasteiger partial charge in [0.15, 0.2) is 0 Å². The van der Waals surface area contributed by atoms with Gasteiger partial charge in [-0.15, -0.1) is 0 Å². The first kappa shape index (κ1) is 16.8. The molecule has 2 rings (SSSR count). The van der Waals surface area contributed by atoms with Crippen LogP contribution in [0.2, 0.25) is 0 Å². The summed E-state index contributed by atoms with van der Waals surface area (Å²) in [5, 5.41) is 5.51. The summed E-state index contributed by atoms with van der Waals surface area (Å²) in [4.78, 5) is 12.1. The highest BCUT2D eigenvalue weighted by Crippen LogP contribution is 2.57. The van der Waals surface area contributed by atoms with Crippen molar-refractivity contribution in [3.05, 3.63) is 0 Å². The molecule has 0 heterocycles. The Bertz CT molecular complexity index is 378. The summed E-state index contributed by atoms with van der Waals surface area (Å²) in [6.45, 7) is 7.44. The van der Waals surface area contributed by atoms with Gasteiger partial charge in [0.05, 0.1) is 0 Å². The van der Waals surface area contributed by atoms with Crippen LogP contribution >= 0.6 is 0 Å². The molecule has 2 bridgehead atoms. The molecule has 0 aromatic rings. The van der Waals surface area contributed by atoms with Crippen molar-refractivity contribution < 1.29 is 4.79 Å². The number of carbonyl (C=O) groups is 1. The van der Waals surface area contributed by atoms with Crippen molar-refractivity contribution >= 4 is 5.91 Å². The Morgan fingerprint density at radius 2 is 1.81 bits per heavy atom. The van der Waals surface area contributed by atoms with Crippen molar-refractivity contribution in [1.82, 2.24) is 15.8 Å². The molecule has 2 fully saturated rings. The second-order valence-electron chi connectivity index (χ2n) is 8.52. The highest BCUT2D eigenvalue weighted by molar-refractivity contribution is 5.75. The van der Waals surface area contributed by atoms with E-state index in [4.69, 9.17) is 0 Å². The molecule has 4 heteroatoms. The van der Waals surface area contributed by atoms with Gasteiger partial charge in [-0.1, -0.05) is 20.8 Å². The van der Waals surface area contributed by atoms with Gasteiger partial charge in [0, 0.05) is 25.6 Å². The molecule has 0 aromatic carbocycles. The Hall–Kier alpha value is -0.610. The average molecular weight is 295 g/mol. The van der Waals surface area contributed by atoms with Crippen molar-refractivity contribution in [2.45, 2.75) is 71.3 Å². The number of amides is 1. The van der Waals surface area contributed by atoms with Crippen LogP contribution in [-0.2, 0) is 4.79 Å². The lowest BCUT2D eigenvalue weighted by Crippen LogP contribution is -2.49. The van der Waals surface area contributed by atoms with E-state index in [1.807, 2.05) is 7.05 Å². The van der Waals surface area contributed by atoms with Gasteiger partial charge in [0.25, 0.3) is 0 Å². The smallest absolute Gasteiger partial charge is 0.220 e. The van der Waals surface area contributed by atoms with Crippen LogP contribution < -0.4 is 10.7 Å². The average Bonchev–Trinajstić information content (AvgIpc) is 2.99. The summed E-state index contributed by atoms with van der Waals surface area (Å²) in [6, 6.07) is 0. The molecule has 0 saturated heterocycles. The lowest BCUT2D eigenvalue weighted by Gasteiger charge is -2.36. The topological polar surface area (TPSA) is 44.4 Å². The Kier molecular flexibility index (Phi) is 4.69. The number of carbonyl (C=O) groups excluding carboxylic acids is 1. The molecule has 0 aromatic heterocycles. The molecule has 2 aliphatic rings. The minimum absolute atomic E-state index is 0.227. The molecule has 122 valence electrons. The molecule has 0 aliphatic heterocycles. The maximum Gasteiger partial charge on any atom is 0.220 e. The van der Waals surface area contributed by atoms with Crippen LogP contribution in [0.15, 0.2) is 0 Å². The van der Waals surface area contributed by atoms with Gasteiger partial charge in [-0.05, 0) is 56.4 Å². The first-order valence-electron chi connectivity index (χ1n) is 8.38. The Morgan fingerprint density at radius 1 is 1.19 bits per heavy atom. The molecule has 21 heavy (non-hydrogen) atoms. The third-order valence-electron chi connectivity index (χ3n) is 5.75. The van der Waals surface area contributed by atoms with Crippen LogP contribution in [0.3, 0.4) is 0 Å². The number of hydrogen-bond acceptors (Lipinski definition) is 3. The van der Waals surface area contributed by atoms with E-state index in [1.54, 1.807) is 0 Å². The lowest BCUT2D eigenvalue weighted by atomic mass is 9.83. The number of rotatable bonds is 6. The summed E-state index contributed by atoms with van der Waals surface area (Å²) in [7, 11) is 4.16. The fourth-order valence-corrected chi connectivity index (χ4v) is 4.09. The summed E-state index contributed by atoms with van der Waals surface area (Å²) in [5.74, 6) is 0.227. The summed E-state index contributed by atoms with van der Waals surface area (Å²) in [5.41, 5.74) is 4.20. The zero-order chi connectivity index (χ0) is 15.7. The lowest BCUT2D eigenvalue weighted by molar-refractivity contribution is -0.122. The predicted octanol–water partition coefficient (Wildman–Crippen LogP) is 2.70. The van der Waals surface area contributed by atoms with E-state index in [0.29, 0.717) is 17.4 Å². The molecule has 1 amide bonds. The third kappa shape index (κ3) is 3.78. The number of nitrogens with one attached hydrogen (secondary N) is 2. The van der Waals surface area contributed by atoms with Gasteiger partial charge < -0.3 is 5.32 Å². The second-order valence-corrected chi connectivity index (χ2v) is 8.52.